The molecular weight excluding hydrogens is 417 g/mol. The van der Waals surface area contributed by atoms with Crippen LogP contribution in [0.15, 0.2) is 22.7 Å². The van der Waals surface area contributed by atoms with E-state index in [4.69, 9.17) is 0 Å². The third-order valence-corrected chi connectivity index (χ3v) is 5.20. The summed E-state index contributed by atoms with van der Waals surface area (Å²) in [6.07, 6.45) is 5.96. The Bertz CT molecular complexity index is 463. The Morgan fingerprint density at radius 2 is 2.11 bits per heavy atom. The number of halogens is 2. The first-order chi connectivity index (χ1) is 9.06. The summed E-state index contributed by atoms with van der Waals surface area (Å²) in [7, 11) is 0. The van der Waals surface area contributed by atoms with Crippen LogP contribution in [-0.4, -0.2) is 11.9 Å². The van der Waals surface area contributed by atoms with Gasteiger partial charge in [-0.15, -0.1) is 0 Å². The van der Waals surface area contributed by atoms with Crippen LogP contribution in [0.25, 0.3) is 0 Å². The Hall–Kier alpha value is -0.100. The molecule has 0 saturated heterocycles. The molecule has 0 radical (unpaired) electrons. The number of hydrogen-bond donors (Lipinski definition) is 1. The van der Waals surface area contributed by atoms with E-state index in [1.807, 2.05) is 18.2 Å². The smallest absolute Gasteiger partial charge is 0.252 e. The van der Waals surface area contributed by atoms with E-state index in [0.29, 0.717) is 6.04 Å². The molecule has 1 aliphatic rings. The first-order valence-corrected chi connectivity index (χ1v) is 8.69. The zero-order valence-electron chi connectivity index (χ0n) is 11.1. The molecule has 2 rings (SSSR count). The monoisotopic (exact) mass is 435 g/mol. The maximum absolute atomic E-state index is 12.3. The molecule has 1 aromatic carbocycles. The quantitative estimate of drug-likeness (QED) is 0.527. The Balaban J connectivity index is 2.02. The second kappa shape index (κ2) is 7.07. The first-order valence-electron chi connectivity index (χ1n) is 6.82. The van der Waals surface area contributed by atoms with Gasteiger partial charge in [0, 0.05) is 14.1 Å². The highest BCUT2D eigenvalue weighted by atomic mass is 127. The molecule has 1 fully saturated rings. The highest BCUT2D eigenvalue weighted by Crippen LogP contribution is 2.24. The van der Waals surface area contributed by atoms with Gasteiger partial charge in [0.05, 0.1) is 5.56 Å². The largest absolute Gasteiger partial charge is 0.349 e. The summed E-state index contributed by atoms with van der Waals surface area (Å²) in [5.74, 6) is 0.859. The van der Waals surface area contributed by atoms with E-state index < -0.39 is 0 Å². The van der Waals surface area contributed by atoms with E-state index in [9.17, 15) is 4.79 Å². The van der Waals surface area contributed by atoms with Crippen LogP contribution in [0.2, 0.25) is 0 Å². The molecule has 1 saturated carbocycles. The standard InChI is InChI=1S/C15H19BrINO/c1-10-3-2-4-12(7-5-10)18-15(19)13-9-11(16)6-8-14(13)17/h6,8-10,12H,2-5,7H2,1H3,(H,18,19). The molecule has 2 atom stereocenters. The van der Waals surface area contributed by atoms with Crippen molar-refractivity contribution in [1.29, 1.82) is 0 Å². The van der Waals surface area contributed by atoms with E-state index >= 15 is 0 Å². The average Bonchev–Trinajstić information content (AvgIpc) is 2.57. The Kier molecular flexibility index (Phi) is 5.69. The first kappa shape index (κ1) is 15.3. The van der Waals surface area contributed by atoms with Crippen molar-refractivity contribution in [3.63, 3.8) is 0 Å². The normalized spacial score (nSPS) is 23.7. The van der Waals surface area contributed by atoms with Gasteiger partial charge in [-0.2, -0.15) is 0 Å². The second-order valence-electron chi connectivity index (χ2n) is 5.41. The number of carbonyl (C=O) groups excluding carboxylic acids is 1. The lowest BCUT2D eigenvalue weighted by molar-refractivity contribution is 0.0932. The van der Waals surface area contributed by atoms with Gasteiger partial charge in [0.15, 0.2) is 0 Å². The van der Waals surface area contributed by atoms with Crippen molar-refractivity contribution in [1.82, 2.24) is 5.32 Å². The lowest BCUT2D eigenvalue weighted by Crippen LogP contribution is -2.34. The lowest BCUT2D eigenvalue weighted by atomic mass is 10.0. The molecule has 0 spiro atoms. The molecule has 104 valence electrons. The van der Waals surface area contributed by atoms with Crippen molar-refractivity contribution < 1.29 is 4.79 Å². The van der Waals surface area contributed by atoms with Crippen LogP contribution in [0.4, 0.5) is 0 Å². The van der Waals surface area contributed by atoms with E-state index in [2.05, 4.69) is 50.8 Å². The van der Waals surface area contributed by atoms with Crippen molar-refractivity contribution in [3.8, 4) is 0 Å². The number of amides is 1. The van der Waals surface area contributed by atoms with Crippen LogP contribution in [-0.2, 0) is 0 Å². The summed E-state index contributed by atoms with van der Waals surface area (Å²) < 4.78 is 1.95. The SMILES string of the molecule is CC1CCCC(NC(=O)c2cc(Br)ccc2I)CC1. The topological polar surface area (TPSA) is 29.1 Å². The molecule has 1 aliphatic carbocycles. The van der Waals surface area contributed by atoms with E-state index in [-0.39, 0.29) is 5.91 Å². The third-order valence-electron chi connectivity index (χ3n) is 3.77. The molecule has 0 aromatic heterocycles. The number of benzene rings is 1. The third kappa shape index (κ3) is 4.45. The molecule has 1 amide bonds. The minimum Gasteiger partial charge on any atom is -0.349 e. The van der Waals surface area contributed by atoms with Crippen LogP contribution >= 0.6 is 38.5 Å². The molecule has 2 nitrogen and oxygen atoms in total. The predicted octanol–water partition coefficient (Wildman–Crippen LogP) is 4.75. The number of hydrogen-bond acceptors (Lipinski definition) is 1. The van der Waals surface area contributed by atoms with Gasteiger partial charge >= 0.3 is 0 Å². The van der Waals surface area contributed by atoms with Gasteiger partial charge in [0.25, 0.3) is 5.91 Å². The molecular formula is C15H19BrINO. The Morgan fingerprint density at radius 3 is 2.89 bits per heavy atom. The Morgan fingerprint density at radius 1 is 1.32 bits per heavy atom. The summed E-state index contributed by atoms with van der Waals surface area (Å²) in [6, 6.07) is 6.17. The Labute approximate surface area is 137 Å². The molecule has 19 heavy (non-hydrogen) atoms. The molecule has 0 bridgehead atoms. The fraction of sp³-hybridized carbons (Fsp3) is 0.533. The summed E-state index contributed by atoms with van der Waals surface area (Å²) in [4.78, 5) is 12.3. The van der Waals surface area contributed by atoms with Crippen molar-refractivity contribution in [2.45, 2.75) is 45.1 Å². The van der Waals surface area contributed by atoms with Crippen LogP contribution in [0.3, 0.4) is 0 Å². The zero-order valence-corrected chi connectivity index (χ0v) is 14.8. The average molecular weight is 436 g/mol. The minimum atomic E-state index is 0.0604. The van der Waals surface area contributed by atoms with Crippen LogP contribution in [0.1, 0.15) is 49.4 Å². The molecule has 1 N–H and O–H groups in total. The summed E-state index contributed by atoms with van der Waals surface area (Å²) in [5.41, 5.74) is 0.771. The van der Waals surface area contributed by atoms with Gasteiger partial charge in [-0.25, -0.2) is 0 Å². The van der Waals surface area contributed by atoms with Crippen LogP contribution < -0.4 is 5.32 Å². The van der Waals surface area contributed by atoms with Gasteiger partial charge < -0.3 is 5.32 Å². The van der Waals surface area contributed by atoms with Crippen molar-refractivity contribution in [2.24, 2.45) is 5.92 Å². The van der Waals surface area contributed by atoms with E-state index in [1.54, 1.807) is 0 Å². The van der Waals surface area contributed by atoms with E-state index in [1.165, 1.54) is 19.3 Å². The van der Waals surface area contributed by atoms with E-state index in [0.717, 1.165) is 32.4 Å². The summed E-state index contributed by atoms with van der Waals surface area (Å²) in [6.45, 7) is 2.31. The predicted molar refractivity (Wildman–Crippen MR) is 90.4 cm³/mol. The van der Waals surface area contributed by atoms with Crippen LogP contribution in [0.5, 0.6) is 0 Å². The second-order valence-corrected chi connectivity index (χ2v) is 7.49. The lowest BCUT2D eigenvalue weighted by Gasteiger charge is -2.17. The van der Waals surface area contributed by atoms with Gasteiger partial charge in [-0.1, -0.05) is 35.7 Å². The molecule has 0 aliphatic heterocycles. The number of nitrogens with one attached hydrogen (secondary N) is 1. The molecule has 0 heterocycles. The van der Waals surface area contributed by atoms with Gasteiger partial charge in [-0.3, -0.25) is 4.79 Å². The fourth-order valence-electron chi connectivity index (χ4n) is 2.57. The van der Waals surface area contributed by atoms with Crippen molar-refractivity contribution >= 4 is 44.4 Å². The number of carbonyl (C=O) groups is 1. The highest BCUT2D eigenvalue weighted by molar-refractivity contribution is 14.1. The zero-order chi connectivity index (χ0) is 13.8. The summed E-state index contributed by atoms with van der Waals surface area (Å²) in [5, 5.41) is 3.20. The van der Waals surface area contributed by atoms with Gasteiger partial charge in [0.1, 0.15) is 0 Å². The van der Waals surface area contributed by atoms with Gasteiger partial charge in [-0.05, 0) is 66.0 Å². The summed E-state index contributed by atoms with van der Waals surface area (Å²) >= 11 is 5.64. The van der Waals surface area contributed by atoms with Crippen molar-refractivity contribution in [3.05, 3.63) is 31.8 Å². The minimum absolute atomic E-state index is 0.0604. The molecule has 2 unspecified atom stereocenters. The van der Waals surface area contributed by atoms with Gasteiger partial charge in [0.2, 0.25) is 0 Å². The maximum Gasteiger partial charge on any atom is 0.252 e. The number of rotatable bonds is 2. The molecule has 1 aromatic rings. The maximum atomic E-state index is 12.3. The fourth-order valence-corrected chi connectivity index (χ4v) is 3.51. The van der Waals surface area contributed by atoms with Crippen LogP contribution in [0, 0.1) is 9.49 Å². The van der Waals surface area contributed by atoms with Crippen molar-refractivity contribution in [2.75, 3.05) is 0 Å². The molecule has 4 heteroatoms. The highest BCUT2D eigenvalue weighted by Gasteiger charge is 2.19.